The molecule has 1 atom stereocenters. The second-order valence-electron chi connectivity index (χ2n) is 4.38. The molecule has 3 heteroatoms. The fourth-order valence-corrected chi connectivity index (χ4v) is 1.70. The van der Waals surface area contributed by atoms with E-state index in [4.69, 9.17) is 10.5 Å². The summed E-state index contributed by atoms with van der Waals surface area (Å²) in [5, 5.41) is 0. The summed E-state index contributed by atoms with van der Waals surface area (Å²) in [4.78, 5) is 0. The van der Waals surface area contributed by atoms with Crippen molar-refractivity contribution >= 4 is 0 Å². The van der Waals surface area contributed by atoms with Gasteiger partial charge in [-0.25, -0.2) is 4.39 Å². The van der Waals surface area contributed by atoms with Crippen molar-refractivity contribution in [2.45, 2.75) is 19.4 Å². The van der Waals surface area contributed by atoms with E-state index >= 15 is 0 Å². The van der Waals surface area contributed by atoms with E-state index < -0.39 is 0 Å². The van der Waals surface area contributed by atoms with Crippen molar-refractivity contribution in [3.8, 4) is 11.5 Å². The quantitative estimate of drug-likeness (QED) is 0.894. The second kappa shape index (κ2) is 5.65. The summed E-state index contributed by atoms with van der Waals surface area (Å²) in [6.07, 6.45) is 0.844. The van der Waals surface area contributed by atoms with Crippen molar-refractivity contribution in [2.24, 2.45) is 5.73 Å². The summed E-state index contributed by atoms with van der Waals surface area (Å²) in [5.41, 5.74) is 6.91. The van der Waals surface area contributed by atoms with Gasteiger partial charge in [-0.15, -0.1) is 0 Å². The van der Waals surface area contributed by atoms with Crippen LogP contribution in [0.1, 0.15) is 12.5 Å². The third-order valence-electron chi connectivity index (χ3n) is 2.53. The minimum Gasteiger partial charge on any atom is -0.457 e. The van der Waals surface area contributed by atoms with E-state index in [9.17, 15) is 4.39 Å². The van der Waals surface area contributed by atoms with E-state index in [1.807, 2.05) is 31.2 Å². The van der Waals surface area contributed by atoms with Gasteiger partial charge in [0, 0.05) is 6.04 Å². The fourth-order valence-electron chi connectivity index (χ4n) is 1.70. The van der Waals surface area contributed by atoms with Crippen LogP contribution >= 0.6 is 0 Å². The molecule has 0 bridgehead atoms. The van der Waals surface area contributed by atoms with Gasteiger partial charge < -0.3 is 10.5 Å². The van der Waals surface area contributed by atoms with Gasteiger partial charge in [-0.2, -0.15) is 0 Å². The third-order valence-corrected chi connectivity index (χ3v) is 2.53. The van der Waals surface area contributed by atoms with Crippen molar-refractivity contribution in [3.05, 3.63) is 59.9 Å². The van der Waals surface area contributed by atoms with Gasteiger partial charge >= 0.3 is 0 Å². The first-order valence-corrected chi connectivity index (χ1v) is 5.91. The molecule has 0 amide bonds. The highest BCUT2D eigenvalue weighted by Crippen LogP contribution is 2.22. The summed E-state index contributed by atoms with van der Waals surface area (Å²) in [7, 11) is 0. The van der Waals surface area contributed by atoms with Gasteiger partial charge in [0.15, 0.2) is 0 Å². The molecule has 2 N–H and O–H groups in total. The van der Waals surface area contributed by atoms with Crippen LogP contribution in [0.15, 0.2) is 48.5 Å². The van der Waals surface area contributed by atoms with Crippen LogP contribution in [-0.4, -0.2) is 6.04 Å². The van der Waals surface area contributed by atoms with Crippen LogP contribution in [0.25, 0.3) is 0 Å². The summed E-state index contributed by atoms with van der Waals surface area (Å²) < 4.78 is 18.3. The van der Waals surface area contributed by atoms with Crippen molar-refractivity contribution in [3.63, 3.8) is 0 Å². The van der Waals surface area contributed by atoms with Crippen LogP contribution in [0.2, 0.25) is 0 Å². The van der Waals surface area contributed by atoms with Crippen molar-refractivity contribution < 1.29 is 9.13 Å². The largest absolute Gasteiger partial charge is 0.457 e. The first-order valence-electron chi connectivity index (χ1n) is 5.91. The van der Waals surface area contributed by atoms with Gasteiger partial charge in [-0.05, 0) is 55.3 Å². The average Bonchev–Trinajstić information content (AvgIpc) is 2.34. The van der Waals surface area contributed by atoms with Crippen LogP contribution in [0.4, 0.5) is 4.39 Å². The molecule has 0 saturated carbocycles. The Morgan fingerprint density at radius 2 is 1.50 bits per heavy atom. The topological polar surface area (TPSA) is 35.2 Å². The Morgan fingerprint density at radius 3 is 2.00 bits per heavy atom. The molecular weight excluding hydrogens is 229 g/mol. The van der Waals surface area contributed by atoms with E-state index in [0.29, 0.717) is 5.75 Å². The van der Waals surface area contributed by atoms with E-state index in [0.717, 1.165) is 12.2 Å². The summed E-state index contributed by atoms with van der Waals surface area (Å²) in [6, 6.07) is 13.9. The molecular formula is C15H16FNO. The molecule has 0 aliphatic rings. The van der Waals surface area contributed by atoms with E-state index in [-0.39, 0.29) is 11.9 Å². The molecule has 94 valence electrons. The highest BCUT2D eigenvalue weighted by molar-refractivity contribution is 5.33. The lowest BCUT2D eigenvalue weighted by Crippen LogP contribution is -2.17. The molecule has 0 radical (unpaired) electrons. The zero-order valence-corrected chi connectivity index (χ0v) is 10.3. The molecule has 2 aromatic rings. The number of ether oxygens (including phenoxy) is 1. The number of hydrogen-bond acceptors (Lipinski definition) is 2. The summed E-state index contributed by atoms with van der Waals surface area (Å²) >= 11 is 0. The maximum Gasteiger partial charge on any atom is 0.127 e. The van der Waals surface area contributed by atoms with Crippen LogP contribution in [-0.2, 0) is 6.42 Å². The van der Waals surface area contributed by atoms with Crippen LogP contribution < -0.4 is 10.5 Å². The monoisotopic (exact) mass is 245 g/mol. The molecule has 18 heavy (non-hydrogen) atoms. The van der Waals surface area contributed by atoms with Gasteiger partial charge in [0.25, 0.3) is 0 Å². The maximum atomic E-state index is 12.7. The summed E-state index contributed by atoms with van der Waals surface area (Å²) in [6.45, 7) is 1.98. The smallest absolute Gasteiger partial charge is 0.127 e. The first kappa shape index (κ1) is 12.6. The molecule has 0 aliphatic carbocycles. The van der Waals surface area contributed by atoms with Crippen LogP contribution in [0.3, 0.4) is 0 Å². The third kappa shape index (κ3) is 3.57. The van der Waals surface area contributed by atoms with Crippen molar-refractivity contribution in [1.82, 2.24) is 0 Å². The number of benzene rings is 2. The molecule has 2 rings (SSSR count). The second-order valence-corrected chi connectivity index (χ2v) is 4.38. The average molecular weight is 245 g/mol. The van der Waals surface area contributed by atoms with Crippen LogP contribution in [0.5, 0.6) is 11.5 Å². The van der Waals surface area contributed by atoms with Gasteiger partial charge in [-0.1, -0.05) is 12.1 Å². The maximum absolute atomic E-state index is 12.7. The molecule has 0 spiro atoms. The molecule has 0 aliphatic heterocycles. The Bertz CT molecular complexity index is 491. The molecule has 2 nitrogen and oxygen atoms in total. The zero-order valence-electron chi connectivity index (χ0n) is 10.3. The molecule has 0 saturated heterocycles. The Kier molecular flexibility index (Phi) is 3.95. The van der Waals surface area contributed by atoms with Gasteiger partial charge in [-0.3, -0.25) is 0 Å². The predicted octanol–water partition coefficient (Wildman–Crippen LogP) is 3.51. The highest BCUT2D eigenvalue weighted by Gasteiger charge is 2.00. The number of nitrogens with two attached hydrogens (primary N) is 1. The molecule has 1 unspecified atom stereocenters. The lowest BCUT2D eigenvalue weighted by molar-refractivity contribution is 0.480. The first-order chi connectivity index (χ1) is 8.63. The van der Waals surface area contributed by atoms with Crippen molar-refractivity contribution in [2.75, 3.05) is 0 Å². The van der Waals surface area contributed by atoms with Crippen molar-refractivity contribution in [1.29, 1.82) is 0 Å². The van der Waals surface area contributed by atoms with E-state index in [1.165, 1.54) is 17.7 Å². The SMILES string of the molecule is CC(N)Cc1ccc(Oc2ccc(F)cc2)cc1. The standard InChI is InChI=1S/C15H16FNO/c1-11(17)10-12-2-6-14(7-3-12)18-15-8-4-13(16)5-9-15/h2-9,11H,10,17H2,1H3. The van der Waals surface area contributed by atoms with Crippen LogP contribution in [0, 0.1) is 5.82 Å². The molecule has 0 fully saturated rings. The normalized spacial score (nSPS) is 12.2. The Hall–Kier alpha value is -1.87. The van der Waals surface area contributed by atoms with Gasteiger partial charge in [0.2, 0.25) is 0 Å². The minimum atomic E-state index is -0.269. The predicted molar refractivity (Wildman–Crippen MR) is 70.3 cm³/mol. The van der Waals surface area contributed by atoms with Gasteiger partial charge in [0.05, 0.1) is 0 Å². The zero-order chi connectivity index (χ0) is 13.0. The number of rotatable bonds is 4. The van der Waals surface area contributed by atoms with E-state index in [1.54, 1.807) is 12.1 Å². The molecule has 0 heterocycles. The minimum absolute atomic E-state index is 0.147. The summed E-state index contributed by atoms with van der Waals surface area (Å²) in [5.74, 6) is 1.08. The van der Waals surface area contributed by atoms with E-state index in [2.05, 4.69) is 0 Å². The lowest BCUT2D eigenvalue weighted by atomic mass is 10.1. The lowest BCUT2D eigenvalue weighted by Gasteiger charge is -2.08. The Labute approximate surface area is 106 Å². The Morgan fingerprint density at radius 1 is 1.00 bits per heavy atom. The number of halogens is 1. The Balaban J connectivity index is 2.04. The molecule has 2 aromatic carbocycles. The molecule has 0 aromatic heterocycles. The van der Waals surface area contributed by atoms with Gasteiger partial charge in [0.1, 0.15) is 17.3 Å². The highest BCUT2D eigenvalue weighted by atomic mass is 19.1. The fraction of sp³-hybridized carbons (Fsp3) is 0.200. The number of hydrogen-bond donors (Lipinski definition) is 1.